The molecule has 0 saturated carbocycles. The van der Waals surface area contributed by atoms with Crippen molar-refractivity contribution in [2.24, 2.45) is 5.73 Å². The molecule has 2 nitrogen and oxygen atoms in total. The second-order valence-corrected chi connectivity index (χ2v) is 4.74. The van der Waals surface area contributed by atoms with Crippen molar-refractivity contribution in [2.75, 3.05) is 13.1 Å². The fourth-order valence-corrected chi connectivity index (χ4v) is 1.70. The fraction of sp³-hybridized carbons (Fsp3) is 1.00. The minimum absolute atomic E-state index is 0.149. The van der Waals surface area contributed by atoms with Crippen molar-refractivity contribution in [3.8, 4) is 0 Å². The quantitative estimate of drug-likeness (QED) is 0.747. The molecular weight excluding hydrogens is 186 g/mol. The van der Waals surface area contributed by atoms with E-state index in [1.54, 1.807) is 0 Å². The molecule has 1 atom stereocenters. The molecule has 1 unspecified atom stereocenters. The van der Waals surface area contributed by atoms with Crippen LogP contribution in [0.1, 0.15) is 33.6 Å². The first-order valence-electron chi connectivity index (χ1n) is 5.18. The summed E-state index contributed by atoms with van der Waals surface area (Å²) in [5.74, 6) is -2.73. The van der Waals surface area contributed by atoms with Crippen LogP contribution in [0.3, 0.4) is 0 Å². The molecule has 0 bridgehead atoms. The predicted octanol–water partition coefficient (Wildman–Crippen LogP) is 1.84. The lowest BCUT2D eigenvalue weighted by Gasteiger charge is -2.45. The Morgan fingerprint density at radius 1 is 1.50 bits per heavy atom. The summed E-state index contributed by atoms with van der Waals surface area (Å²) >= 11 is 0. The Labute approximate surface area is 84.4 Å². The maximum atomic E-state index is 13.3. The topological polar surface area (TPSA) is 29.3 Å². The number of hydrogen-bond acceptors (Lipinski definition) is 2. The first-order valence-corrected chi connectivity index (χ1v) is 5.18. The van der Waals surface area contributed by atoms with Gasteiger partial charge in [0.05, 0.1) is 12.6 Å². The Bertz CT molecular complexity index is 202. The number of rotatable bonds is 2. The van der Waals surface area contributed by atoms with Crippen LogP contribution in [0.4, 0.5) is 8.78 Å². The summed E-state index contributed by atoms with van der Waals surface area (Å²) in [5.41, 5.74) is 5.23. The minimum Gasteiger partial charge on any atom is -0.323 e. The van der Waals surface area contributed by atoms with Gasteiger partial charge in [-0.3, -0.25) is 4.90 Å². The monoisotopic (exact) mass is 206 g/mol. The summed E-state index contributed by atoms with van der Waals surface area (Å²) in [6.07, 6.45) is 1.26. The van der Waals surface area contributed by atoms with Gasteiger partial charge in [0, 0.05) is 12.1 Å². The van der Waals surface area contributed by atoms with Crippen LogP contribution in [0.15, 0.2) is 0 Å². The fourth-order valence-electron chi connectivity index (χ4n) is 1.70. The van der Waals surface area contributed by atoms with Crippen LogP contribution in [-0.4, -0.2) is 35.5 Å². The molecule has 1 rings (SSSR count). The van der Waals surface area contributed by atoms with E-state index in [-0.39, 0.29) is 12.1 Å². The third kappa shape index (κ3) is 2.23. The molecule has 0 amide bonds. The van der Waals surface area contributed by atoms with Gasteiger partial charge in [-0.15, -0.1) is 0 Å². The lowest BCUT2D eigenvalue weighted by Crippen LogP contribution is -2.60. The summed E-state index contributed by atoms with van der Waals surface area (Å²) in [7, 11) is 0. The van der Waals surface area contributed by atoms with E-state index in [1.165, 1.54) is 0 Å². The van der Waals surface area contributed by atoms with Gasteiger partial charge in [0.25, 0.3) is 5.92 Å². The number of halogens is 2. The van der Waals surface area contributed by atoms with E-state index < -0.39 is 12.0 Å². The second kappa shape index (κ2) is 3.74. The minimum atomic E-state index is -2.73. The third-order valence-electron chi connectivity index (χ3n) is 3.38. The lowest BCUT2D eigenvalue weighted by atomic mass is 9.93. The van der Waals surface area contributed by atoms with Crippen LogP contribution >= 0.6 is 0 Å². The number of alkyl halides is 2. The van der Waals surface area contributed by atoms with E-state index in [4.69, 9.17) is 5.73 Å². The second-order valence-electron chi connectivity index (χ2n) is 4.74. The van der Waals surface area contributed by atoms with Gasteiger partial charge in [-0.1, -0.05) is 6.92 Å². The highest BCUT2D eigenvalue weighted by Crippen LogP contribution is 2.31. The molecule has 0 aromatic rings. The van der Waals surface area contributed by atoms with Crippen molar-refractivity contribution in [2.45, 2.75) is 51.1 Å². The first kappa shape index (κ1) is 11.9. The Morgan fingerprint density at radius 3 is 2.50 bits per heavy atom. The molecule has 0 aromatic heterocycles. The van der Waals surface area contributed by atoms with E-state index in [9.17, 15) is 8.78 Å². The van der Waals surface area contributed by atoms with Crippen molar-refractivity contribution >= 4 is 0 Å². The van der Waals surface area contributed by atoms with Crippen molar-refractivity contribution < 1.29 is 8.78 Å². The third-order valence-corrected chi connectivity index (χ3v) is 3.38. The zero-order valence-electron chi connectivity index (χ0n) is 9.19. The molecule has 0 spiro atoms. The highest BCUT2D eigenvalue weighted by atomic mass is 19.3. The van der Waals surface area contributed by atoms with Crippen molar-refractivity contribution in [3.63, 3.8) is 0 Å². The molecule has 0 aromatic carbocycles. The lowest BCUT2D eigenvalue weighted by molar-refractivity contribution is -0.103. The first-order chi connectivity index (χ1) is 6.29. The molecule has 1 aliphatic rings. The highest BCUT2D eigenvalue weighted by molar-refractivity contribution is 4.94. The summed E-state index contributed by atoms with van der Waals surface area (Å²) in [4.78, 5) is 1.84. The molecule has 1 aliphatic heterocycles. The normalized spacial score (nSPS) is 29.1. The van der Waals surface area contributed by atoms with Crippen molar-refractivity contribution in [1.82, 2.24) is 4.90 Å². The van der Waals surface area contributed by atoms with Crippen molar-refractivity contribution in [1.29, 1.82) is 0 Å². The van der Waals surface area contributed by atoms with Crippen LogP contribution in [0, 0.1) is 0 Å². The summed E-state index contributed by atoms with van der Waals surface area (Å²) in [5, 5.41) is 0. The average Bonchev–Trinajstić information content (AvgIpc) is 2.09. The van der Waals surface area contributed by atoms with Crippen LogP contribution in [0.25, 0.3) is 0 Å². The molecule has 0 aliphatic carbocycles. The zero-order chi connectivity index (χ0) is 11.0. The Balaban J connectivity index is 2.69. The van der Waals surface area contributed by atoms with Gasteiger partial charge in [0.15, 0.2) is 0 Å². The van der Waals surface area contributed by atoms with Gasteiger partial charge >= 0.3 is 0 Å². The molecule has 2 N–H and O–H groups in total. The van der Waals surface area contributed by atoms with E-state index in [1.807, 2.05) is 25.7 Å². The molecule has 14 heavy (non-hydrogen) atoms. The van der Waals surface area contributed by atoms with Gasteiger partial charge < -0.3 is 5.73 Å². The van der Waals surface area contributed by atoms with Crippen LogP contribution in [0.5, 0.6) is 0 Å². The van der Waals surface area contributed by atoms with Crippen LogP contribution < -0.4 is 5.73 Å². The Hall–Kier alpha value is -0.220. The molecule has 1 saturated heterocycles. The number of likely N-dealkylation sites (tertiary alicyclic amines) is 1. The van der Waals surface area contributed by atoms with Crippen molar-refractivity contribution in [3.05, 3.63) is 0 Å². The van der Waals surface area contributed by atoms with E-state index in [0.29, 0.717) is 13.0 Å². The molecule has 1 fully saturated rings. The molecule has 1 heterocycles. The predicted molar refractivity (Wildman–Crippen MR) is 53.5 cm³/mol. The Kier molecular flexibility index (Phi) is 3.17. The van der Waals surface area contributed by atoms with E-state index >= 15 is 0 Å². The summed E-state index contributed by atoms with van der Waals surface area (Å²) < 4.78 is 26.7. The number of piperidine rings is 1. The number of nitrogens with two attached hydrogens (primary N) is 1. The number of nitrogens with zero attached hydrogens (tertiary/aromatic N) is 1. The van der Waals surface area contributed by atoms with E-state index in [0.717, 1.165) is 6.42 Å². The smallest absolute Gasteiger partial charge is 0.275 e. The average molecular weight is 206 g/mol. The van der Waals surface area contributed by atoms with Gasteiger partial charge in [-0.05, 0) is 26.7 Å². The molecular formula is C10H20F2N2. The number of hydrogen-bond donors (Lipinski definition) is 1. The summed E-state index contributed by atoms with van der Waals surface area (Å²) in [6.45, 7) is 6.50. The molecule has 84 valence electrons. The zero-order valence-corrected chi connectivity index (χ0v) is 9.19. The molecule has 4 heteroatoms. The Morgan fingerprint density at radius 2 is 2.07 bits per heavy atom. The maximum absolute atomic E-state index is 13.3. The van der Waals surface area contributed by atoms with Crippen LogP contribution in [0.2, 0.25) is 0 Å². The van der Waals surface area contributed by atoms with E-state index in [2.05, 4.69) is 0 Å². The van der Waals surface area contributed by atoms with Gasteiger partial charge in [-0.2, -0.15) is 0 Å². The standard InChI is InChI=1S/C10H20F2N2/c1-4-9(2,3)14-6-5-8(13)10(11,12)7-14/h8H,4-7,13H2,1-3H3. The van der Waals surface area contributed by atoms with Crippen LogP contribution in [-0.2, 0) is 0 Å². The maximum Gasteiger partial charge on any atom is 0.275 e. The van der Waals surface area contributed by atoms with Gasteiger partial charge in [-0.25, -0.2) is 8.78 Å². The summed E-state index contributed by atoms with van der Waals surface area (Å²) in [6, 6.07) is -0.966. The highest BCUT2D eigenvalue weighted by Gasteiger charge is 2.45. The van der Waals surface area contributed by atoms with Gasteiger partial charge in [0.2, 0.25) is 0 Å². The SMILES string of the molecule is CCC(C)(C)N1CCC(N)C(F)(F)C1. The largest absolute Gasteiger partial charge is 0.323 e. The molecule has 0 radical (unpaired) electrons. The van der Waals surface area contributed by atoms with Gasteiger partial charge in [0.1, 0.15) is 0 Å².